The van der Waals surface area contributed by atoms with Crippen LogP contribution in [-0.4, -0.2) is 64.1 Å². The zero-order chi connectivity index (χ0) is 60.3. The Labute approximate surface area is 523 Å². The van der Waals surface area contributed by atoms with Crippen molar-refractivity contribution in [2.24, 2.45) is 53.3 Å². The van der Waals surface area contributed by atoms with Crippen molar-refractivity contribution in [2.75, 3.05) is 52.9 Å². The quantitative estimate of drug-likeness (QED) is 0.284. The van der Waals surface area contributed by atoms with Gasteiger partial charge in [0.05, 0.1) is 26.4 Å². The van der Waals surface area contributed by atoms with Crippen molar-refractivity contribution in [1.29, 1.82) is 0 Å². The van der Waals surface area contributed by atoms with Crippen LogP contribution in [0.1, 0.15) is 390 Å². The van der Waals surface area contributed by atoms with Gasteiger partial charge in [0, 0.05) is 26.4 Å². The lowest BCUT2D eigenvalue weighted by molar-refractivity contribution is -0.0459. The molecule has 0 aromatic heterocycles. The van der Waals surface area contributed by atoms with Crippen LogP contribution in [0.2, 0.25) is 0 Å². The van der Waals surface area contributed by atoms with Crippen LogP contribution >= 0.6 is 0 Å². The molecular weight excluding hydrogens is 1020 g/mol. The lowest BCUT2D eigenvalue weighted by Crippen LogP contribution is -2.25. The molecule has 498 valence electrons. The lowest BCUT2D eigenvalue weighted by Gasteiger charge is -2.18. The van der Waals surface area contributed by atoms with Crippen LogP contribution in [0.4, 0.5) is 0 Å². The molecule has 10 atom stereocenters. The number of hydrogen-bond acceptors (Lipinski definition) is 5. The van der Waals surface area contributed by atoms with E-state index in [1.54, 1.807) is 0 Å². The molecule has 83 heavy (non-hydrogen) atoms. The summed E-state index contributed by atoms with van der Waals surface area (Å²) in [6.07, 6.45) is 70.6. The molecule has 0 bridgehead atoms. The van der Waals surface area contributed by atoms with E-state index in [-0.39, 0.29) is 12.7 Å². The average Bonchev–Trinajstić information content (AvgIpc) is 3.46. The van der Waals surface area contributed by atoms with E-state index in [9.17, 15) is 5.11 Å². The van der Waals surface area contributed by atoms with Crippen molar-refractivity contribution in [3.63, 3.8) is 0 Å². The Kier molecular flexibility index (Phi) is 60.4. The largest absolute Gasteiger partial charge is 0.394 e. The summed E-state index contributed by atoms with van der Waals surface area (Å²) in [6.45, 7) is 27.8. The van der Waals surface area contributed by atoms with Crippen molar-refractivity contribution in [3.05, 3.63) is 0 Å². The van der Waals surface area contributed by atoms with Gasteiger partial charge in [0.1, 0.15) is 6.10 Å². The van der Waals surface area contributed by atoms with E-state index in [4.69, 9.17) is 18.9 Å². The third-order valence-electron chi connectivity index (χ3n) is 20.3. The summed E-state index contributed by atoms with van der Waals surface area (Å²) in [7, 11) is 0. The van der Waals surface area contributed by atoms with Crippen molar-refractivity contribution in [2.45, 2.75) is 396 Å². The van der Waals surface area contributed by atoms with Crippen molar-refractivity contribution in [3.8, 4) is 0 Å². The Balaban J connectivity index is 2.28. The molecule has 0 aromatic carbocycles. The van der Waals surface area contributed by atoms with E-state index in [0.29, 0.717) is 12.5 Å². The monoisotopic (exact) mass is 1170 g/mol. The van der Waals surface area contributed by atoms with Crippen LogP contribution in [0.25, 0.3) is 0 Å². The number of aliphatic hydroxyl groups excluding tert-OH is 1. The maximum atomic E-state index is 9.92. The van der Waals surface area contributed by atoms with Crippen LogP contribution in [0.3, 0.4) is 0 Å². The number of ether oxygens (including phenoxy) is 4. The summed E-state index contributed by atoms with van der Waals surface area (Å²) < 4.78 is 23.9. The van der Waals surface area contributed by atoms with Crippen molar-refractivity contribution < 1.29 is 24.1 Å². The molecule has 0 aromatic rings. The van der Waals surface area contributed by atoms with Gasteiger partial charge in [-0.15, -0.1) is 0 Å². The predicted octanol–water partition coefficient (Wildman–Crippen LogP) is 25.0. The lowest BCUT2D eigenvalue weighted by atomic mass is 9.89. The summed E-state index contributed by atoms with van der Waals surface area (Å²) in [5.41, 5.74) is 0. The van der Waals surface area contributed by atoms with Crippen LogP contribution in [0.5, 0.6) is 0 Å². The zero-order valence-electron chi connectivity index (χ0n) is 58.6. The van der Waals surface area contributed by atoms with Gasteiger partial charge in [-0.1, -0.05) is 364 Å². The molecule has 9 unspecified atom stereocenters. The van der Waals surface area contributed by atoms with Crippen molar-refractivity contribution in [1.82, 2.24) is 0 Å². The van der Waals surface area contributed by atoms with Gasteiger partial charge in [-0.05, 0) is 78.9 Å². The molecule has 1 N–H and O–H groups in total. The first kappa shape index (κ1) is 80.8. The molecule has 0 amide bonds. The number of hydrogen-bond donors (Lipinski definition) is 1. The van der Waals surface area contributed by atoms with E-state index < -0.39 is 0 Å². The fraction of sp³-hybridized carbons (Fsp3) is 1.00. The van der Waals surface area contributed by atoms with Gasteiger partial charge >= 0.3 is 0 Å². The Morgan fingerprint density at radius 2 is 0.422 bits per heavy atom. The molecule has 1 saturated heterocycles. The van der Waals surface area contributed by atoms with Gasteiger partial charge < -0.3 is 24.1 Å². The predicted molar refractivity (Wildman–Crippen MR) is 367 cm³/mol. The Hall–Kier alpha value is -0.200. The molecule has 5 heteroatoms. The summed E-state index contributed by atoms with van der Waals surface area (Å²) in [5, 5.41) is 9.92. The van der Waals surface area contributed by atoms with E-state index >= 15 is 0 Å². The van der Waals surface area contributed by atoms with Gasteiger partial charge in [-0.2, -0.15) is 0 Å². The highest BCUT2D eigenvalue weighted by atomic mass is 16.5. The fourth-order valence-electron chi connectivity index (χ4n) is 13.6. The third kappa shape index (κ3) is 59.2. The molecule has 1 aliphatic heterocycles. The molecular formula is C78H156O5. The van der Waals surface area contributed by atoms with Crippen LogP contribution in [0.15, 0.2) is 0 Å². The van der Waals surface area contributed by atoms with Gasteiger partial charge in [0.2, 0.25) is 0 Å². The van der Waals surface area contributed by atoms with Gasteiger partial charge in [0.15, 0.2) is 0 Å². The highest BCUT2D eigenvalue weighted by molar-refractivity contribution is 4.66. The second-order valence-corrected chi connectivity index (χ2v) is 29.8. The Bertz CT molecular complexity index is 1240. The summed E-state index contributed by atoms with van der Waals surface area (Å²) >= 11 is 0. The minimum atomic E-state index is -0.183. The maximum Gasteiger partial charge on any atom is 0.104 e. The normalized spacial score (nSPS) is 31.4. The van der Waals surface area contributed by atoms with E-state index in [1.807, 2.05) is 0 Å². The highest BCUT2D eigenvalue weighted by Crippen LogP contribution is 2.27. The number of aliphatic hydroxyl groups is 1. The van der Waals surface area contributed by atoms with E-state index in [0.717, 1.165) is 99.8 Å². The SMILES string of the molecule is CC1CCCCCCCCCC[C@@H](C)CCCC(C)CCCC(C)CCOCCOCCCCCCCCCCCCCCC(C)CCC(C)CCCC(C)CCCCCCCCCCOCC(CO)OCCC(C)CCCC(C)CCC1. The standard InChI is InChI=1S/C78H156O5/c1-69-43-32-26-21-15-16-22-27-33-44-70(2)48-39-51-73(5)53-42-56-77(9)60-64-83-78(67-79)68-82-62-37-31-25-19-17-23-28-34-45-71(3)49-40-54-75(7)58-57-74(6)46-35-29-20-14-12-10-11-13-18-24-30-36-61-80-65-66-81-63-59-76(8)55-41-52-72(4)50-38-47-69/h69-79H,10-68H2,1-9H3/t69-,70?,71?,72?,73?,74?,75?,76?,77?,78?/m1/s1. The zero-order valence-corrected chi connectivity index (χ0v) is 58.6. The van der Waals surface area contributed by atoms with E-state index in [2.05, 4.69) is 62.3 Å². The smallest absolute Gasteiger partial charge is 0.104 e. The van der Waals surface area contributed by atoms with Gasteiger partial charge in [0.25, 0.3) is 0 Å². The second-order valence-electron chi connectivity index (χ2n) is 29.8. The molecule has 0 aliphatic carbocycles. The molecule has 1 aliphatic rings. The fourth-order valence-corrected chi connectivity index (χ4v) is 13.6. The van der Waals surface area contributed by atoms with Crippen LogP contribution in [0, 0.1) is 53.3 Å². The molecule has 1 rings (SSSR count). The summed E-state index contributed by atoms with van der Waals surface area (Å²) in [4.78, 5) is 0. The molecule has 1 heterocycles. The van der Waals surface area contributed by atoms with E-state index in [1.165, 1.54) is 315 Å². The first-order valence-corrected chi connectivity index (χ1v) is 38.4. The second kappa shape index (κ2) is 62.0. The first-order valence-electron chi connectivity index (χ1n) is 38.4. The minimum Gasteiger partial charge on any atom is -0.394 e. The van der Waals surface area contributed by atoms with Crippen molar-refractivity contribution >= 4 is 0 Å². The first-order chi connectivity index (χ1) is 40.5. The highest BCUT2D eigenvalue weighted by Gasteiger charge is 2.14. The topological polar surface area (TPSA) is 57.2 Å². The summed E-state index contributed by atoms with van der Waals surface area (Å²) in [5.74, 6) is 7.63. The maximum absolute atomic E-state index is 9.92. The third-order valence-corrected chi connectivity index (χ3v) is 20.3. The Morgan fingerprint density at radius 1 is 0.205 bits per heavy atom. The van der Waals surface area contributed by atoms with Gasteiger partial charge in [-0.3, -0.25) is 0 Å². The summed E-state index contributed by atoms with van der Waals surface area (Å²) in [6, 6.07) is 0. The van der Waals surface area contributed by atoms with Crippen LogP contribution < -0.4 is 0 Å². The number of rotatable bonds is 1. The molecule has 1 fully saturated rings. The average molecular weight is 1170 g/mol. The Morgan fingerprint density at radius 3 is 0.723 bits per heavy atom. The minimum absolute atomic E-state index is 0.0533. The molecule has 5 nitrogen and oxygen atoms in total. The van der Waals surface area contributed by atoms with Gasteiger partial charge in [-0.25, -0.2) is 0 Å². The molecule has 0 saturated carbocycles. The van der Waals surface area contributed by atoms with Crippen LogP contribution in [-0.2, 0) is 18.9 Å². The molecule has 0 spiro atoms. The molecule has 0 radical (unpaired) electrons.